The van der Waals surface area contributed by atoms with Crippen LogP contribution in [0.1, 0.15) is 41.4 Å². The van der Waals surface area contributed by atoms with E-state index >= 15 is 0 Å². The summed E-state index contributed by atoms with van der Waals surface area (Å²) in [7, 11) is 1.61. The van der Waals surface area contributed by atoms with Crippen LogP contribution in [0.3, 0.4) is 0 Å². The highest BCUT2D eigenvalue weighted by molar-refractivity contribution is 7.89. The highest BCUT2D eigenvalue weighted by Gasteiger charge is 2.26. The van der Waals surface area contributed by atoms with E-state index in [4.69, 9.17) is 9.47 Å². The van der Waals surface area contributed by atoms with Crippen LogP contribution in [0.5, 0.6) is 0 Å². The normalized spacial score (nSPS) is 16.9. The van der Waals surface area contributed by atoms with E-state index in [1.165, 1.54) is 15.6 Å². The molecule has 0 radical (unpaired) electrons. The van der Waals surface area contributed by atoms with Gasteiger partial charge >= 0.3 is 5.97 Å². The van der Waals surface area contributed by atoms with Crippen molar-refractivity contribution < 1.29 is 22.7 Å². The molecule has 0 aliphatic heterocycles. The number of rotatable bonds is 8. The SMILES string of the molecule is CCOC(=O)c1ccc2c(c1)c1c(n2CCCS(=O)(=O)N(C)C)CC(OC)CC1. The van der Waals surface area contributed by atoms with Crippen LogP contribution in [0.4, 0.5) is 0 Å². The molecule has 1 aromatic heterocycles. The standard InChI is InChI=1S/C21H30N2O5S/c1-5-28-21(24)15-7-10-19-18(13-15)17-9-8-16(27-4)14-20(17)23(19)11-6-12-29(25,26)22(2)3/h7,10,13,16H,5-6,8-9,11-12,14H2,1-4H3. The lowest BCUT2D eigenvalue weighted by Crippen LogP contribution is -2.26. The highest BCUT2D eigenvalue weighted by atomic mass is 32.2. The molecular weight excluding hydrogens is 392 g/mol. The number of hydrogen-bond acceptors (Lipinski definition) is 5. The second-order valence-corrected chi connectivity index (χ2v) is 9.88. The monoisotopic (exact) mass is 422 g/mol. The number of carbonyl (C=O) groups excluding carboxylic acids is 1. The fourth-order valence-electron chi connectivity index (χ4n) is 4.00. The molecule has 0 N–H and O–H groups in total. The van der Waals surface area contributed by atoms with E-state index in [1.807, 2.05) is 12.1 Å². The molecule has 3 rings (SSSR count). The molecule has 0 spiro atoms. The zero-order valence-electron chi connectivity index (χ0n) is 17.6. The first-order valence-electron chi connectivity index (χ1n) is 10.0. The largest absolute Gasteiger partial charge is 0.462 e. The number of ether oxygens (including phenoxy) is 2. The number of sulfonamides is 1. The van der Waals surface area contributed by atoms with Crippen molar-refractivity contribution in [2.24, 2.45) is 0 Å². The van der Waals surface area contributed by atoms with Gasteiger partial charge in [-0.25, -0.2) is 17.5 Å². The number of aromatic nitrogens is 1. The van der Waals surface area contributed by atoms with Gasteiger partial charge in [-0.3, -0.25) is 0 Å². The summed E-state index contributed by atoms with van der Waals surface area (Å²) in [5.41, 5.74) is 3.99. The van der Waals surface area contributed by atoms with Gasteiger partial charge in [0.2, 0.25) is 10.0 Å². The zero-order valence-corrected chi connectivity index (χ0v) is 18.4. The first-order chi connectivity index (χ1) is 13.8. The minimum atomic E-state index is -3.23. The second kappa shape index (κ2) is 8.85. The summed E-state index contributed by atoms with van der Waals surface area (Å²) in [6.45, 7) is 2.74. The summed E-state index contributed by atoms with van der Waals surface area (Å²) in [5, 5.41) is 1.05. The summed E-state index contributed by atoms with van der Waals surface area (Å²) < 4.78 is 38.5. The van der Waals surface area contributed by atoms with Gasteiger partial charge in [-0.15, -0.1) is 0 Å². The lowest BCUT2D eigenvalue weighted by Gasteiger charge is -2.23. The van der Waals surface area contributed by atoms with E-state index < -0.39 is 10.0 Å². The molecule has 1 unspecified atom stereocenters. The molecule has 0 amide bonds. The maximum Gasteiger partial charge on any atom is 0.338 e. The lowest BCUT2D eigenvalue weighted by molar-refractivity contribution is 0.0526. The molecule has 160 valence electrons. The average Bonchev–Trinajstić information content (AvgIpc) is 3.00. The third-order valence-corrected chi connectivity index (χ3v) is 7.53. The van der Waals surface area contributed by atoms with Gasteiger partial charge in [-0.2, -0.15) is 0 Å². The molecule has 29 heavy (non-hydrogen) atoms. The Kier molecular flexibility index (Phi) is 6.65. The van der Waals surface area contributed by atoms with Crippen molar-refractivity contribution in [3.63, 3.8) is 0 Å². The van der Waals surface area contributed by atoms with Crippen molar-refractivity contribution in [1.82, 2.24) is 8.87 Å². The molecule has 1 atom stereocenters. The molecule has 0 saturated carbocycles. The van der Waals surface area contributed by atoms with Crippen LogP contribution in [0, 0.1) is 0 Å². The van der Waals surface area contributed by atoms with Crippen LogP contribution in [-0.4, -0.2) is 62.9 Å². The maximum atomic E-state index is 12.2. The predicted octanol–water partition coefficient (Wildman–Crippen LogP) is 2.60. The molecule has 1 heterocycles. The van der Waals surface area contributed by atoms with Crippen LogP contribution >= 0.6 is 0 Å². The van der Waals surface area contributed by atoms with Gasteiger partial charge in [0.15, 0.2) is 0 Å². The summed E-state index contributed by atoms with van der Waals surface area (Å²) in [4.78, 5) is 12.2. The number of hydrogen-bond donors (Lipinski definition) is 0. The number of fused-ring (bicyclic) bond motifs is 3. The van der Waals surface area contributed by atoms with Gasteiger partial charge in [0, 0.05) is 50.8 Å². The van der Waals surface area contributed by atoms with Gasteiger partial charge in [0.1, 0.15) is 0 Å². The van der Waals surface area contributed by atoms with Gasteiger partial charge in [0.05, 0.1) is 24.0 Å². The number of nitrogens with zero attached hydrogens (tertiary/aromatic N) is 2. The Morgan fingerprint density at radius 3 is 2.72 bits per heavy atom. The van der Waals surface area contributed by atoms with Crippen LogP contribution in [0.2, 0.25) is 0 Å². The molecule has 1 aliphatic carbocycles. The summed E-state index contributed by atoms with van der Waals surface area (Å²) in [6, 6.07) is 5.64. The molecule has 1 aromatic carbocycles. The van der Waals surface area contributed by atoms with Crippen LogP contribution in [0.25, 0.3) is 10.9 Å². The van der Waals surface area contributed by atoms with Crippen molar-refractivity contribution in [1.29, 1.82) is 0 Å². The van der Waals surface area contributed by atoms with Crippen molar-refractivity contribution in [2.45, 2.75) is 45.3 Å². The van der Waals surface area contributed by atoms with Crippen LogP contribution in [-0.2, 0) is 38.9 Å². The fourth-order valence-corrected chi connectivity index (χ4v) is 4.86. The third-order valence-electron chi connectivity index (χ3n) is 5.61. The fraction of sp³-hybridized carbons (Fsp3) is 0.571. The molecule has 2 aromatic rings. The van der Waals surface area contributed by atoms with E-state index in [1.54, 1.807) is 34.2 Å². The molecule has 0 saturated heterocycles. The summed E-state index contributed by atoms with van der Waals surface area (Å²) in [6.07, 6.45) is 3.27. The van der Waals surface area contributed by atoms with Crippen LogP contribution in [0.15, 0.2) is 18.2 Å². The van der Waals surface area contributed by atoms with E-state index in [0.717, 1.165) is 30.2 Å². The molecule has 1 aliphatic rings. The maximum absolute atomic E-state index is 12.2. The number of carbonyl (C=O) groups is 1. The molecule has 8 heteroatoms. The second-order valence-electron chi connectivity index (χ2n) is 7.58. The van der Waals surface area contributed by atoms with Crippen molar-refractivity contribution >= 4 is 26.9 Å². The van der Waals surface area contributed by atoms with E-state index in [2.05, 4.69) is 4.57 Å². The van der Waals surface area contributed by atoms with E-state index in [9.17, 15) is 13.2 Å². The van der Waals surface area contributed by atoms with Gasteiger partial charge in [-0.05, 0) is 49.9 Å². The number of aryl methyl sites for hydroxylation is 2. The molecule has 0 bridgehead atoms. The van der Waals surface area contributed by atoms with Crippen molar-refractivity contribution in [3.8, 4) is 0 Å². The molecule has 0 fully saturated rings. The minimum Gasteiger partial charge on any atom is -0.462 e. The topological polar surface area (TPSA) is 77.8 Å². The molecule has 7 nitrogen and oxygen atoms in total. The van der Waals surface area contributed by atoms with Gasteiger partial charge in [-0.1, -0.05) is 0 Å². The first kappa shape index (κ1) is 21.8. The third kappa shape index (κ3) is 4.49. The number of benzene rings is 1. The van der Waals surface area contributed by atoms with E-state index in [0.29, 0.717) is 25.1 Å². The number of esters is 1. The Hall–Kier alpha value is -1.90. The Morgan fingerprint density at radius 1 is 1.31 bits per heavy atom. The van der Waals surface area contributed by atoms with Gasteiger partial charge < -0.3 is 14.0 Å². The summed E-state index contributed by atoms with van der Waals surface area (Å²) >= 11 is 0. The predicted molar refractivity (Wildman–Crippen MR) is 113 cm³/mol. The lowest BCUT2D eigenvalue weighted by atomic mass is 9.93. The van der Waals surface area contributed by atoms with Crippen molar-refractivity contribution in [2.75, 3.05) is 33.6 Å². The zero-order chi connectivity index (χ0) is 21.2. The van der Waals surface area contributed by atoms with Gasteiger partial charge in [0.25, 0.3) is 0 Å². The van der Waals surface area contributed by atoms with E-state index in [-0.39, 0.29) is 17.8 Å². The number of methoxy groups -OCH3 is 1. The van der Waals surface area contributed by atoms with Crippen LogP contribution < -0.4 is 0 Å². The Balaban J connectivity index is 1.98. The Labute approximate surface area is 172 Å². The quantitative estimate of drug-likeness (QED) is 0.611. The Bertz CT molecular complexity index is 994. The summed E-state index contributed by atoms with van der Waals surface area (Å²) in [5.74, 6) is -0.221. The highest BCUT2D eigenvalue weighted by Crippen LogP contribution is 2.34. The average molecular weight is 423 g/mol. The molecular formula is C21H30N2O5S. The Morgan fingerprint density at radius 2 is 2.07 bits per heavy atom. The first-order valence-corrected chi connectivity index (χ1v) is 11.6. The smallest absolute Gasteiger partial charge is 0.338 e. The van der Waals surface area contributed by atoms with Crippen molar-refractivity contribution in [3.05, 3.63) is 35.0 Å². The minimum absolute atomic E-state index is 0.100.